The Labute approximate surface area is 160 Å². The molecule has 1 aliphatic heterocycles. The van der Waals surface area contributed by atoms with Crippen LogP contribution in [-0.2, 0) is 6.42 Å². The molecule has 0 radical (unpaired) electrons. The van der Waals surface area contributed by atoms with E-state index in [4.69, 9.17) is 27.9 Å². The van der Waals surface area contributed by atoms with Gasteiger partial charge in [-0.15, -0.1) is 0 Å². The summed E-state index contributed by atoms with van der Waals surface area (Å²) in [5.74, 6) is 0.263. The highest BCUT2D eigenvalue weighted by Crippen LogP contribution is 2.40. The number of fused-ring (bicyclic) bond motifs is 3. The molecule has 0 fully saturated rings. The van der Waals surface area contributed by atoms with Gasteiger partial charge in [-0.05, 0) is 13.0 Å². The second-order valence-corrected chi connectivity index (χ2v) is 6.93. The number of hydrogen-bond donors (Lipinski definition) is 1. The van der Waals surface area contributed by atoms with Crippen molar-refractivity contribution in [3.8, 4) is 5.88 Å². The normalized spacial score (nSPS) is 16.6. The highest BCUT2D eigenvalue weighted by Gasteiger charge is 2.32. The molecule has 0 unspecified atom stereocenters. The first kappa shape index (κ1) is 17.1. The summed E-state index contributed by atoms with van der Waals surface area (Å²) in [6.45, 7) is 2.55. The number of nitrogens with one attached hydrogen (secondary N) is 1. The molecule has 4 rings (SSSR count). The monoisotopic (exact) mass is 390 g/mol. The average molecular weight is 391 g/mol. The molecule has 2 aromatic heterocycles. The van der Waals surface area contributed by atoms with Crippen LogP contribution in [0.5, 0.6) is 5.88 Å². The SMILES string of the molecule is COc1ccnc(C(=O)N2CCc3[nH]c4c(Cl)c(Cl)ccc4c3[C@@H]2C)n1. The van der Waals surface area contributed by atoms with Crippen molar-refractivity contribution in [1.82, 2.24) is 19.9 Å². The maximum Gasteiger partial charge on any atom is 0.292 e. The summed E-state index contributed by atoms with van der Waals surface area (Å²) in [6.07, 6.45) is 2.21. The highest BCUT2D eigenvalue weighted by molar-refractivity contribution is 6.45. The Bertz CT molecular complexity index is 1020. The van der Waals surface area contributed by atoms with Crippen LogP contribution in [0, 0.1) is 0 Å². The molecule has 1 N–H and O–H groups in total. The average Bonchev–Trinajstić information content (AvgIpc) is 3.05. The van der Waals surface area contributed by atoms with Crippen LogP contribution < -0.4 is 4.74 Å². The minimum atomic E-state index is -0.225. The van der Waals surface area contributed by atoms with Crippen LogP contribution in [0.15, 0.2) is 24.4 Å². The lowest BCUT2D eigenvalue weighted by atomic mass is 9.97. The number of nitrogens with zero attached hydrogens (tertiary/aromatic N) is 3. The molecule has 1 atom stereocenters. The van der Waals surface area contributed by atoms with Crippen LogP contribution in [0.4, 0.5) is 0 Å². The smallest absolute Gasteiger partial charge is 0.292 e. The molecule has 1 aromatic carbocycles. The first-order valence-corrected chi connectivity index (χ1v) is 8.93. The number of carbonyl (C=O) groups excluding carboxylic acids is 1. The van der Waals surface area contributed by atoms with Gasteiger partial charge in [-0.1, -0.05) is 29.3 Å². The van der Waals surface area contributed by atoms with Gasteiger partial charge in [-0.2, -0.15) is 4.98 Å². The molecule has 0 saturated carbocycles. The zero-order chi connectivity index (χ0) is 18.4. The lowest BCUT2D eigenvalue weighted by molar-refractivity contribution is 0.0664. The van der Waals surface area contributed by atoms with Crippen molar-refractivity contribution in [1.29, 1.82) is 0 Å². The van der Waals surface area contributed by atoms with Gasteiger partial charge >= 0.3 is 0 Å². The number of carbonyl (C=O) groups is 1. The number of benzene rings is 1. The van der Waals surface area contributed by atoms with E-state index in [9.17, 15) is 4.79 Å². The van der Waals surface area contributed by atoms with Crippen LogP contribution in [0.3, 0.4) is 0 Å². The molecular formula is C18H16Cl2N4O2. The minimum absolute atomic E-state index is 0.126. The Morgan fingerprint density at radius 1 is 1.35 bits per heavy atom. The number of ether oxygens (including phenoxy) is 1. The molecule has 134 valence electrons. The summed E-state index contributed by atoms with van der Waals surface area (Å²) < 4.78 is 5.09. The van der Waals surface area contributed by atoms with Gasteiger partial charge in [0.2, 0.25) is 11.7 Å². The summed E-state index contributed by atoms with van der Waals surface area (Å²) in [7, 11) is 1.51. The van der Waals surface area contributed by atoms with Crippen molar-refractivity contribution in [2.75, 3.05) is 13.7 Å². The summed E-state index contributed by atoms with van der Waals surface area (Å²) in [4.78, 5) is 26.4. The number of halogens is 2. The predicted octanol–water partition coefficient (Wildman–Crippen LogP) is 4.03. The van der Waals surface area contributed by atoms with Crippen molar-refractivity contribution < 1.29 is 9.53 Å². The third-order valence-corrected chi connectivity index (χ3v) is 5.57. The quantitative estimate of drug-likeness (QED) is 0.716. The summed E-state index contributed by atoms with van der Waals surface area (Å²) in [5, 5.41) is 1.98. The number of hydrogen-bond acceptors (Lipinski definition) is 4. The van der Waals surface area contributed by atoms with Crippen molar-refractivity contribution in [3.05, 3.63) is 51.5 Å². The van der Waals surface area contributed by atoms with Gasteiger partial charge in [0.05, 0.1) is 28.7 Å². The van der Waals surface area contributed by atoms with Gasteiger partial charge in [0.1, 0.15) is 0 Å². The standard InChI is InChI=1S/C18H16Cl2N4O2/c1-9-14-10-3-4-11(19)15(20)16(10)22-12(14)6-8-24(9)18(25)17-21-7-5-13(23-17)26-2/h3-5,7,9,22H,6,8H2,1-2H3/t9-/m0/s1. The molecule has 6 nitrogen and oxygen atoms in total. The van der Waals surface area contributed by atoms with Gasteiger partial charge in [0, 0.05) is 41.9 Å². The van der Waals surface area contributed by atoms with Gasteiger partial charge in [0.15, 0.2) is 0 Å². The molecule has 8 heteroatoms. The second kappa shape index (κ2) is 6.45. The van der Waals surface area contributed by atoms with Crippen LogP contribution in [0.1, 0.15) is 34.8 Å². The second-order valence-electron chi connectivity index (χ2n) is 6.15. The molecule has 0 aliphatic carbocycles. The lowest BCUT2D eigenvalue weighted by Gasteiger charge is -2.33. The molecular weight excluding hydrogens is 375 g/mol. The Morgan fingerprint density at radius 3 is 2.92 bits per heavy atom. The maximum absolute atomic E-state index is 13.0. The molecule has 3 heterocycles. The number of rotatable bonds is 2. The summed E-state index contributed by atoms with van der Waals surface area (Å²) in [6, 6.07) is 5.18. The Hall–Kier alpha value is -2.31. The van der Waals surface area contributed by atoms with E-state index in [-0.39, 0.29) is 17.8 Å². The Balaban J connectivity index is 1.75. The topological polar surface area (TPSA) is 71.1 Å². The molecule has 0 bridgehead atoms. The Morgan fingerprint density at radius 2 is 2.15 bits per heavy atom. The molecule has 1 aliphatic rings. The van der Waals surface area contributed by atoms with E-state index in [0.29, 0.717) is 28.9 Å². The fourth-order valence-electron chi connectivity index (χ4n) is 3.50. The first-order valence-electron chi connectivity index (χ1n) is 8.17. The van der Waals surface area contributed by atoms with Crippen molar-refractivity contribution >= 4 is 40.0 Å². The zero-order valence-corrected chi connectivity index (χ0v) is 15.7. The van der Waals surface area contributed by atoms with Crippen LogP contribution in [0.25, 0.3) is 10.9 Å². The van der Waals surface area contributed by atoms with E-state index in [2.05, 4.69) is 15.0 Å². The molecule has 26 heavy (non-hydrogen) atoms. The zero-order valence-electron chi connectivity index (χ0n) is 14.2. The number of aromatic nitrogens is 3. The largest absolute Gasteiger partial charge is 0.481 e. The van der Waals surface area contributed by atoms with E-state index in [0.717, 1.165) is 22.2 Å². The highest BCUT2D eigenvalue weighted by atomic mass is 35.5. The minimum Gasteiger partial charge on any atom is -0.481 e. The molecule has 0 saturated heterocycles. The van der Waals surface area contributed by atoms with Crippen molar-refractivity contribution in [2.24, 2.45) is 0 Å². The van der Waals surface area contributed by atoms with E-state index < -0.39 is 0 Å². The Kier molecular flexibility index (Phi) is 4.25. The summed E-state index contributed by atoms with van der Waals surface area (Å²) >= 11 is 12.5. The lowest BCUT2D eigenvalue weighted by Crippen LogP contribution is -2.39. The van der Waals surface area contributed by atoms with Gasteiger partial charge in [0.25, 0.3) is 5.91 Å². The number of methoxy groups -OCH3 is 1. The maximum atomic E-state index is 13.0. The van der Waals surface area contributed by atoms with Crippen LogP contribution in [-0.4, -0.2) is 39.4 Å². The van der Waals surface area contributed by atoms with E-state index in [1.54, 1.807) is 17.0 Å². The fourth-order valence-corrected chi connectivity index (χ4v) is 3.87. The van der Waals surface area contributed by atoms with Gasteiger partial charge < -0.3 is 14.6 Å². The van der Waals surface area contributed by atoms with Crippen molar-refractivity contribution in [2.45, 2.75) is 19.4 Å². The number of aromatic amines is 1. The van der Waals surface area contributed by atoms with Crippen LogP contribution in [0.2, 0.25) is 10.0 Å². The molecule has 3 aromatic rings. The third kappa shape index (κ3) is 2.61. The van der Waals surface area contributed by atoms with Gasteiger partial charge in [-0.25, -0.2) is 4.98 Å². The summed E-state index contributed by atoms with van der Waals surface area (Å²) in [5.41, 5.74) is 2.94. The van der Waals surface area contributed by atoms with E-state index >= 15 is 0 Å². The van der Waals surface area contributed by atoms with Crippen molar-refractivity contribution in [3.63, 3.8) is 0 Å². The first-order chi connectivity index (χ1) is 12.5. The fraction of sp³-hybridized carbons (Fsp3) is 0.278. The number of amides is 1. The third-order valence-electron chi connectivity index (χ3n) is 4.77. The van der Waals surface area contributed by atoms with Crippen LogP contribution >= 0.6 is 23.2 Å². The molecule has 0 spiro atoms. The van der Waals surface area contributed by atoms with Gasteiger partial charge in [-0.3, -0.25) is 4.79 Å². The predicted molar refractivity (Wildman–Crippen MR) is 100 cm³/mol. The number of H-pyrrole nitrogens is 1. The molecule has 1 amide bonds. The van der Waals surface area contributed by atoms with E-state index in [1.807, 2.05) is 13.0 Å². The van der Waals surface area contributed by atoms with E-state index in [1.165, 1.54) is 13.3 Å².